The van der Waals surface area contributed by atoms with E-state index in [1.54, 1.807) is 12.1 Å². The van der Waals surface area contributed by atoms with Gasteiger partial charge in [0.15, 0.2) is 0 Å². The van der Waals surface area contributed by atoms with E-state index in [1.165, 1.54) is 7.11 Å². The van der Waals surface area contributed by atoms with E-state index in [2.05, 4.69) is 0 Å². The highest BCUT2D eigenvalue weighted by Crippen LogP contribution is 2.39. The zero-order valence-electron chi connectivity index (χ0n) is 10.2. The molecule has 0 unspecified atom stereocenters. The maximum absolute atomic E-state index is 12.1. The van der Waals surface area contributed by atoms with Gasteiger partial charge in [0.1, 0.15) is 5.78 Å². The SMILES string of the molecule is COC(=O)C1(c2ccc(Cl)cc2)CCC(=O)CC1. The maximum atomic E-state index is 12.1. The Balaban J connectivity index is 2.39. The van der Waals surface area contributed by atoms with Crippen molar-refractivity contribution in [3.05, 3.63) is 34.9 Å². The second-order valence-corrected chi connectivity index (χ2v) is 5.06. The summed E-state index contributed by atoms with van der Waals surface area (Å²) in [5.74, 6) is -0.0548. The van der Waals surface area contributed by atoms with E-state index in [1.807, 2.05) is 12.1 Å². The molecule has 0 heterocycles. The first-order valence-corrected chi connectivity index (χ1v) is 6.32. The van der Waals surface area contributed by atoms with Crippen LogP contribution in [0.15, 0.2) is 24.3 Å². The summed E-state index contributed by atoms with van der Waals surface area (Å²) >= 11 is 5.86. The molecular formula is C14H15ClO3. The van der Waals surface area contributed by atoms with E-state index in [4.69, 9.17) is 16.3 Å². The van der Waals surface area contributed by atoms with Crippen molar-refractivity contribution in [1.29, 1.82) is 0 Å². The second kappa shape index (κ2) is 5.11. The molecule has 0 radical (unpaired) electrons. The molecule has 0 spiro atoms. The lowest BCUT2D eigenvalue weighted by Gasteiger charge is -2.34. The summed E-state index contributed by atoms with van der Waals surface area (Å²) in [7, 11) is 1.39. The summed E-state index contributed by atoms with van der Waals surface area (Å²) in [6, 6.07) is 7.21. The Morgan fingerprint density at radius 1 is 1.22 bits per heavy atom. The zero-order valence-corrected chi connectivity index (χ0v) is 11.0. The first-order chi connectivity index (χ1) is 8.58. The highest BCUT2D eigenvalue weighted by molar-refractivity contribution is 6.30. The average Bonchev–Trinajstić information content (AvgIpc) is 2.40. The van der Waals surface area contributed by atoms with Crippen LogP contribution in [0.4, 0.5) is 0 Å². The number of hydrogen-bond donors (Lipinski definition) is 0. The van der Waals surface area contributed by atoms with Crippen LogP contribution in [0.2, 0.25) is 5.02 Å². The molecule has 0 N–H and O–H groups in total. The van der Waals surface area contributed by atoms with E-state index in [0.29, 0.717) is 30.7 Å². The smallest absolute Gasteiger partial charge is 0.316 e. The van der Waals surface area contributed by atoms with Crippen molar-refractivity contribution >= 4 is 23.4 Å². The molecule has 0 atom stereocenters. The van der Waals surface area contributed by atoms with Gasteiger partial charge in [0.2, 0.25) is 0 Å². The Hall–Kier alpha value is -1.35. The van der Waals surface area contributed by atoms with Crippen LogP contribution in [0.25, 0.3) is 0 Å². The predicted molar refractivity (Wildman–Crippen MR) is 68.6 cm³/mol. The summed E-state index contributed by atoms with van der Waals surface area (Å²) in [6.07, 6.45) is 1.88. The number of esters is 1. The molecule has 1 aromatic rings. The monoisotopic (exact) mass is 266 g/mol. The molecule has 3 nitrogen and oxygen atoms in total. The number of rotatable bonds is 2. The molecular weight excluding hydrogens is 252 g/mol. The summed E-state index contributed by atoms with van der Waals surface area (Å²) in [5.41, 5.74) is 0.194. The van der Waals surface area contributed by atoms with Gasteiger partial charge in [0, 0.05) is 17.9 Å². The van der Waals surface area contributed by atoms with Crippen LogP contribution in [0.3, 0.4) is 0 Å². The standard InChI is InChI=1S/C14H15ClO3/c1-18-13(17)14(8-6-12(16)7-9-14)10-2-4-11(15)5-3-10/h2-5H,6-9H2,1H3. The third-order valence-electron chi connectivity index (χ3n) is 3.63. The van der Waals surface area contributed by atoms with Gasteiger partial charge in [-0.25, -0.2) is 0 Å². The topological polar surface area (TPSA) is 43.4 Å². The summed E-state index contributed by atoms with van der Waals surface area (Å²) in [6.45, 7) is 0. The summed E-state index contributed by atoms with van der Waals surface area (Å²) < 4.78 is 4.93. The van der Waals surface area contributed by atoms with Crippen molar-refractivity contribution in [3.63, 3.8) is 0 Å². The second-order valence-electron chi connectivity index (χ2n) is 4.62. The van der Waals surface area contributed by atoms with Gasteiger partial charge in [-0.05, 0) is 30.5 Å². The molecule has 0 bridgehead atoms. The maximum Gasteiger partial charge on any atom is 0.316 e. The van der Waals surface area contributed by atoms with Crippen LogP contribution in [-0.4, -0.2) is 18.9 Å². The van der Waals surface area contributed by atoms with E-state index < -0.39 is 5.41 Å². The Morgan fingerprint density at radius 3 is 2.28 bits per heavy atom. The Morgan fingerprint density at radius 2 is 1.78 bits per heavy atom. The number of carbonyl (C=O) groups excluding carboxylic acids is 2. The Labute approximate surface area is 111 Å². The first-order valence-electron chi connectivity index (χ1n) is 5.95. The lowest BCUT2D eigenvalue weighted by Crippen LogP contribution is -2.40. The molecule has 0 aliphatic heterocycles. The van der Waals surface area contributed by atoms with Crippen molar-refractivity contribution in [1.82, 2.24) is 0 Å². The number of methoxy groups -OCH3 is 1. The molecule has 18 heavy (non-hydrogen) atoms. The highest BCUT2D eigenvalue weighted by atomic mass is 35.5. The molecule has 2 rings (SSSR count). The van der Waals surface area contributed by atoms with Crippen LogP contribution in [0.1, 0.15) is 31.2 Å². The van der Waals surface area contributed by atoms with Crippen molar-refractivity contribution in [2.24, 2.45) is 0 Å². The van der Waals surface area contributed by atoms with Gasteiger partial charge >= 0.3 is 5.97 Å². The van der Waals surface area contributed by atoms with E-state index >= 15 is 0 Å². The largest absolute Gasteiger partial charge is 0.468 e. The normalized spacial score (nSPS) is 18.4. The van der Waals surface area contributed by atoms with Crippen LogP contribution in [0, 0.1) is 0 Å². The van der Waals surface area contributed by atoms with Crippen molar-refractivity contribution in [2.75, 3.05) is 7.11 Å². The fourth-order valence-electron chi connectivity index (χ4n) is 2.53. The van der Waals surface area contributed by atoms with Gasteiger partial charge in [-0.1, -0.05) is 23.7 Å². The fraction of sp³-hybridized carbons (Fsp3) is 0.429. The van der Waals surface area contributed by atoms with Crippen LogP contribution < -0.4 is 0 Å². The number of hydrogen-bond acceptors (Lipinski definition) is 3. The number of ketones is 1. The molecule has 1 fully saturated rings. The summed E-state index contributed by atoms with van der Waals surface area (Å²) in [4.78, 5) is 23.5. The van der Waals surface area contributed by atoms with Gasteiger partial charge < -0.3 is 4.74 Å². The number of Topliss-reactive ketones (excluding diaryl/α,β-unsaturated/α-hetero) is 1. The Bertz CT molecular complexity index is 454. The molecule has 4 heteroatoms. The lowest BCUT2D eigenvalue weighted by molar-refractivity contribution is -0.149. The Kier molecular flexibility index (Phi) is 3.71. The molecule has 1 aliphatic carbocycles. The predicted octanol–water partition coefficient (Wildman–Crippen LogP) is 2.89. The molecule has 0 amide bonds. The molecule has 0 aromatic heterocycles. The van der Waals surface area contributed by atoms with E-state index in [9.17, 15) is 9.59 Å². The highest BCUT2D eigenvalue weighted by Gasteiger charge is 2.43. The van der Waals surface area contributed by atoms with Gasteiger partial charge in [-0.3, -0.25) is 9.59 Å². The lowest BCUT2D eigenvalue weighted by atomic mass is 9.69. The molecule has 96 valence electrons. The minimum Gasteiger partial charge on any atom is -0.468 e. The number of benzene rings is 1. The number of carbonyl (C=O) groups is 2. The minimum atomic E-state index is -0.687. The van der Waals surface area contributed by atoms with Crippen LogP contribution in [0.5, 0.6) is 0 Å². The van der Waals surface area contributed by atoms with Gasteiger partial charge in [-0.2, -0.15) is 0 Å². The third-order valence-corrected chi connectivity index (χ3v) is 3.89. The van der Waals surface area contributed by atoms with Crippen molar-refractivity contribution in [2.45, 2.75) is 31.1 Å². The van der Waals surface area contributed by atoms with Crippen LogP contribution in [-0.2, 0) is 19.7 Å². The minimum absolute atomic E-state index is 0.212. The molecule has 0 saturated heterocycles. The van der Waals surface area contributed by atoms with E-state index in [-0.39, 0.29) is 11.8 Å². The summed E-state index contributed by atoms with van der Waals surface area (Å²) in [5, 5.41) is 0.630. The third kappa shape index (κ3) is 2.27. The van der Waals surface area contributed by atoms with Gasteiger partial charge in [0.05, 0.1) is 12.5 Å². The quantitative estimate of drug-likeness (QED) is 0.773. The van der Waals surface area contributed by atoms with Gasteiger partial charge in [0.25, 0.3) is 0 Å². The van der Waals surface area contributed by atoms with Gasteiger partial charge in [-0.15, -0.1) is 0 Å². The molecule has 1 saturated carbocycles. The van der Waals surface area contributed by atoms with Crippen molar-refractivity contribution in [3.8, 4) is 0 Å². The zero-order chi connectivity index (χ0) is 13.2. The molecule has 1 aromatic carbocycles. The number of halogens is 1. The number of ether oxygens (including phenoxy) is 1. The van der Waals surface area contributed by atoms with Crippen LogP contribution >= 0.6 is 11.6 Å². The fourth-order valence-corrected chi connectivity index (χ4v) is 2.66. The van der Waals surface area contributed by atoms with E-state index in [0.717, 1.165) is 5.56 Å². The average molecular weight is 267 g/mol. The molecule has 1 aliphatic rings. The van der Waals surface area contributed by atoms with Crippen molar-refractivity contribution < 1.29 is 14.3 Å². The first kappa shape index (κ1) is 13.1.